The summed E-state index contributed by atoms with van der Waals surface area (Å²) in [6.45, 7) is 3.26. The summed E-state index contributed by atoms with van der Waals surface area (Å²) in [6, 6.07) is 3.29. The van der Waals surface area contributed by atoms with Crippen molar-refractivity contribution in [1.82, 2.24) is 4.98 Å². The molecule has 0 radical (unpaired) electrons. The molecule has 0 saturated carbocycles. The molecular weight excluding hydrogens is 168 g/mol. The van der Waals surface area contributed by atoms with Crippen molar-refractivity contribution in [2.45, 2.75) is 19.4 Å². The van der Waals surface area contributed by atoms with Crippen molar-refractivity contribution < 1.29 is 9.90 Å². The van der Waals surface area contributed by atoms with Gasteiger partial charge in [-0.05, 0) is 31.5 Å². The molecule has 0 unspecified atom stereocenters. The fourth-order valence-corrected chi connectivity index (χ4v) is 0.992. The molecule has 0 saturated heterocycles. The predicted octanol–water partition coefficient (Wildman–Crippen LogP) is 0.649. The molecule has 0 aliphatic heterocycles. The van der Waals surface area contributed by atoms with Crippen molar-refractivity contribution in [2.24, 2.45) is 5.73 Å². The number of hydrogen-bond donors (Lipinski definition) is 2. The number of carbonyl (C=O) groups is 1. The third kappa shape index (κ3) is 1.84. The van der Waals surface area contributed by atoms with Crippen molar-refractivity contribution in [2.75, 3.05) is 0 Å². The molecule has 1 heterocycles. The van der Waals surface area contributed by atoms with E-state index in [1.54, 1.807) is 25.3 Å². The zero-order valence-electron chi connectivity index (χ0n) is 7.61. The van der Waals surface area contributed by atoms with E-state index in [9.17, 15) is 4.79 Å². The van der Waals surface area contributed by atoms with Crippen LogP contribution in [0, 0.1) is 6.92 Å². The van der Waals surface area contributed by atoms with Gasteiger partial charge in [-0.2, -0.15) is 0 Å². The Bertz CT molecular complexity index is 334. The minimum absolute atomic E-state index is 0.563. The van der Waals surface area contributed by atoms with Gasteiger partial charge in [0.05, 0.1) is 0 Å². The molecule has 0 spiro atoms. The Morgan fingerprint density at radius 1 is 1.69 bits per heavy atom. The van der Waals surface area contributed by atoms with Crippen LogP contribution in [0.15, 0.2) is 18.3 Å². The molecule has 0 amide bonds. The quantitative estimate of drug-likeness (QED) is 0.700. The van der Waals surface area contributed by atoms with E-state index in [0.29, 0.717) is 5.56 Å². The zero-order valence-corrected chi connectivity index (χ0v) is 7.61. The number of aliphatic carboxylic acids is 1. The highest BCUT2D eigenvalue weighted by atomic mass is 16.4. The van der Waals surface area contributed by atoms with Crippen molar-refractivity contribution in [1.29, 1.82) is 0 Å². The van der Waals surface area contributed by atoms with E-state index in [2.05, 4.69) is 4.98 Å². The van der Waals surface area contributed by atoms with Gasteiger partial charge in [0, 0.05) is 11.9 Å². The topological polar surface area (TPSA) is 76.2 Å². The summed E-state index contributed by atoms with van der Waals surface area (Å²) in [5.74, 6) is -1.04. The first-order valence-electron chi connectivity index (χ1n) is 3.90. The molecule has 70 valence electrons. The fraction of sp³-hybridized carbons (Fsp3) is 0.333. The van der Waals surface area contributed by atoms with Crippen LogP contribution in [0.5, 0.6) is 0 Å². The number of aromatic nitrogens is 1. The van der Waals surface area contributed by atoms with Crippen LogP contribution in [0.25, 0.3) is 0 Å². The van der Waals surface area contributed by atoms with E-state index in [1.807, 2.05) is 0 Å². The molecule has 1 rings (SSSR count). The van der Waals surface area contributed by atoms with Gasteiger partial charge in [0.1, 0.15) is 5.54 Å². The van der Waals surface area contributed by atoms with Gasteiger partial charge in [-0.25, -0.2) is 4.79 Å². The van der Waals surface area contributed by atoms with Gasteiger partial charge >= 0.3 is 5.97 Å². The first kappa shape index (κ1) is 9.67. The monoisotopic (exact) mass is 180 g/mol. The fourth-order valence-electron chi connectivity index (χ4n) is 0.992. The standard InChI is InChI=1S/C9H12N2O2/c1-6-5-7(3-4-11-6)9(2,10)8(12)13/h3-5H,10H2,1-2H3,(H,12,13)/t9-/m0/s1. The van der Waals surface area contributed by atoms with Crippen LogP contribution >= 0.6 is 0 Å². The lowest BCUT2D eigenvalue weighted by atomic mass is 9.94. The highest BCUT2D eigenvalue weighted by molar-refractivity contribution is 5.79. The van der Waals surface area contributed by atoms with E-state index >= 15 is 0 Å². The van der Waals surface area contributed by atoms with Crippen LogP contribution in [0.3, 0.4) is 0 Å². The number of pyridine rings is 1. The molecule has 1 atom stereocenters. The Kier molecular flexibility index (Phi) is 2.34. The number of nitrogens with zero attached hydrogens (tertiary/aromatic N) is 1. The minimum Gasteiger partial charge on any atom is -0.480 e. The van der Waals surface area contributed by atoms with Crippen molar-refractivity contribution in [3.63, 3.8) is 0 Å². The highest BCUT2D eigenvalue weighted by Gasteiger charge is 2.30. The van der Waals surface area contributed by atoms with Gasteiger partial charge in [-0.15, -0.1) is 0 Å². The van der Waals surface area contributed by atoms with Crippen molar-refractivity contribution >= 4 is 5.97 Å². The molecule has 1 aromatic heterocycles. The van der Waals surface area contributed by atoms with Gasteiger partial charge in [0.15, 0.2) is 0 Å². The van der Waals surface area contributed by atoms with Crippen molar-refractivity contribution in [3.05, 3.63) is 29.6 Å². The van der Waals surface area contributed by atoms with Crippen LogP contribution < -0.4 is 5.73 Å². The van der Waals surface area contributed by atoms with Crippen molar-refractivity contribution in [3.8, 4) is 0 Å². The molecular formula is C9H12N2O2. The number of hydrogen-bond acceptors (Lipinski definition) is 3. The lowest BCUT2D eigenvalue weighted by molar-refractivity contribution is -0.143. The average molecular weight is 180 g/mol. The Labute approximate surface area is 76.4 Å². The second-order valence-electron chi connectivity index (χ2n) is 3.19. The summed E-state index contributed by atoms with van der Waals surface area (Å²) in [5.41, 5.74) is 5.60. The average Bonchev–Trinajstić information content (AvgIpc) is 2.04. The number of aryl methyl sites for hydroxylation is 1. The third-order valence-corrected chi connectivity index (χ3v) is 1.94. The van der Waals surface area contributed by atoms with Gasteiger partial charge in [0.2, 0.25) is 0 Å². The smallest absolute Gasteiger partial charge is 0.328 e. The Morgan fingerprint density at radius 2 is 2.31 bits per heavy atom. The Hall–Kier alpha value is -1.42. The number of nitrogens with two attached hydrogens (primary N) is 1. The summed E-state index contributed by atoms with van der Waals surface area (Å²) in [4.78, 5) is 14.8. The number of carboxylic acid groups (broad SMARTS) is 1. The summed E-state index contributed by atoms with van der Waals surface area (Å²) >= 11 is 0. The molecule has 0 aliphatic carbocycles. The zero-order chi connectivity index (χ0) is 10.1. The first-order valence-corrected chi connectivity index (χ1v) is 3.90. The first-order chi connectivity index (χ1) is 5.94. The molecule has 13 heavy (non-hydrogen) atoms. The largest absolute Gasteiger partial charge is 0.480 e. The van der Waals surface area contributed by atoms with E-state index < -0.39 is 11.5 Å². The van der Waals surface area contributed by atoms with E-state index in [-0.39, 0.29) is 0 Å². The second kappa shape index (κ2) is 3.14. The summed E-state index contributed by atoms with van der Waals surface area (Å²) in [7, 11) is 0. The minimum atomic E-state index is -1.34. The predicted molar refractivity (Wildman–Crippen MR) is 48.1 cm³/mol. The molecule has 0 fully saturated rings. The lowest BCUT2D eigenvalue weighted by Gasteiger charge is -2.19. The number of carboxylic acids is 1. The molecule has 0 bridgehead atoms. The highest BCUT2D eigenvalue weighted by Crippen LogP contribution is 2.17. The molecule has 4 heteroatoms. The van der Waals surface area contributed by atoms with E-state index in [4.69, 9.17) is 10.8 Å². The maximum Gasteiger partial charge on any atom is 0.328 e. The van der Waals surface area contributed by atoms with E-state index in [0.717, 1.165) is 5.69 Å². The van der Waals surface area contributed by atoms with E-state index in [1.165, 1.54) is 6.92 Å². The molecule has 0 aliphatic rings. The normalized spacial score (nSPS) is 15.0. The summed E-state index contributed by atoms with van der Waals surface area (Å²) in [6.07, 6.45) is 1.55. The van der Waals surface area contributed by atoms with Crippen LogP contribution in [0.1, 0.15) is 18.2 Å². The summed E-state index contributed by atoms with van der Waals surface area (Å²) in [5, 5.41) is 8.84. The van der Waals surface area contributed by atoms with Gasteiger partial charge in [-0.3, -0.25) is 4.98 Å². The van der Waals surface area contributed by atoms with Crippen LogP contribution in [0.2, 0.25) is 0 Å². The Balaban J connectivity index is 3.14. The lowest BCUT2D eigenvalue weighted by Crippen LogP contribution is -2.41. The molecule has 0 aromatic carbocycles. The van der Waals surface area contributed by atoms with Crippen LogP contribution in [0.4, 0.5) is 0 Å². The maximum absolute atomic E-state index is 10.8. The van der Waals surface area contributed by atoms with Crippen LogP contribution in [-0.2, 0) is 10.3 Å². The second-order valence-corrected chi connectivity index (χ2v) is 3.19. The number of rotatable bonds is 2. The van der Waals surface area contributed by atoms with Gasteiger partial charge < -0.3 is 10.8 Å². The maximum atomic E-state index is 10.8. The SMILES string of the molecule is Cc1cc([C@](C)(N)C(=O)O)ccn1. The third-order valence-electron chi connectivity index (χ3n) is 1.94. The molecule has 3 N–H and O–H groups in total. The summed E-state index contributed by atoms with van der Waals surface area (Å²) < 4.78 is 0. The van der Waals surface area contributed by atoms with Gasteiger partial charge in [-0.1, -0.05) is 0 Å². The van der Waals surface area contributed by atoms with Crippen LogP contribution in [-0.4, -0.2) is 16.1 Å². The Morgan fingerprint density at radius 3 is 2.77 bits per heavy atom. The molecule has 1 aromatic rings. The molecule has 4 nitrogen and oxygen atoms in total. The van der Waals surface area contributed by atoms with Gasteiger partial charge in [0.25, 0.3) is 0 Å².